The second-order valence-electron chi connectivity index (χ2n) is 7.00. The number of piperazine rings is 1. The zero-order valence-electron chi connectivity index (χ0n) is 13.7. The van der Waals surface area contributed by atoms with E-state index in [1.165, 1.54) is 19.3 Å². The van der Waals surface area contributed by atoms with Gasteiger partial charge in [0.25, 0.3) is 0 Å². The Morgan fingerprint density at radius 3 is 2.36 bits per heavy atom. The molecule has 1 aliphatic carbocycles. The van der Waals surface area contributed by atoms with Gasteiger partial charge in [-0.05, 0) is 37.6 Å². The smallest absolute Gasteiger partial charge is 0.146 e. The first-order valence-corrected chi connectivity index (χ1v) is 8.58. The van der Waals surface area contributed by atoms with Crippen LogP contribution in [0, 0.1) is 5.82 Å². The van der Waals surface area contributed by atoms with Gasteiger partial charge in [0, 0.05) is 38.1 Å². The molecule has 22 heavy (non-hydrogen) atoms. The molecule has 2 aliphatic rings. The number of halogens is 1. The van der Waals surface area contributed by atoms with Crippen LogP contribution in [0.25, 0.3) is 0 Å². The number of rotatable bonds is 3. The molecule has 0 aromatic heterocycles. The molecule has 4 heteroatoms. The predicted molar refractivity (Wildman–Crippen MR) is 89.9 cm³/mol. The third-order valence-electron chi connectivity index (χ3n) is 5.61. The van der Waals surface area contributed by atoms with Crippen LogP contribution in [0.5, 0.6) is 0 Å². The monoisotopic (exact) mass is 305 g/mol. The minimum Gasteiger partial charge on any atom is -0.367 e. The molecule has 122 valence electrons. The van der Waals surface area contributed by atoms with Gasteiger partial charge in [0.1, 0.15) is 5.82 Å². The van der Waals surface area contributed by atoms with Gasteiger partial charge >= 0.3 is 0 Å². The first-order valence-electron chi connectivity index (χ1n) is 8.58. The van der Waals surface area contributed by atoms with Gasteiger partial charge in [-0.2, -0.15) is 0 Å². The number of anilines is 1. The number of likely N-dealkylation sites (N-methyl/N-ethyl adjacent to an activating group) is 1. The number of nitrogens with two attached hydrogens (primary N) is 1. The summed E-state index contributed by atoms with van der Waals surface area (Å²) in [6, 6.07) is 5.85. The number of hydrogen-bond donors (Lipinski definition) is 1. The van der Waals surface area contributed by atoms with Crippen LogP contribution in [0.1, 0.15) is 37.7 Å². The third-order valence-corrected chi connectivity index (χ3v) is 5.61. The summed E-state index contributed by atoms with van der Waals surface area (Å²) in [6.45, 7) is 4.41. The molecule has 0 bridgehead atoms. The van der Waals surface area contributed by atoms with E-state index in [4.69, 9.17) is 5.73 Å². The summed E-state index contributed by atoms with van der Waals surface area (Å²) in [5.41, 5.74) is 7.93. The van der Waals surface area contributed by atoms with Gasteiger partial charge in [-0.15, -0.1) is 0 Å². The molecule has 0 amide bonds. The molecule has 3 nitrogen and oxygen atoms in total. The summed E-state index contributed by atoms with van der Waals surface area (Å²) in [5, 5.41) is 0. The van der Waals surface area contributed by atoms with Crippen LogP contribution < -0.4 is 10.6 Å². The molecule has 1 heterocycles. The molecule has 1 saturated heterocycles. The van der Waals surface area contributed by atoms with E-state index in [0.717, 1.165) is 50.3 Å². The average Bonchev–Trinajstić information content (AvgIpc) is 2.56. The van der Waals surface area contributed by atoms with Crippen molar-refractivity contribution in [2.45, 2.75) is 37.5 Å². The van der Waals surface area contributed by atoms with E-state index in [1.54, 1.807) is 6.07 Å². The quantitative estimate of drug-likeness (QED) is 0.932. The second-order valence-corrected chi connectivity index (χ2v) is 7.00. The lowest BCUT2D eigenvalue weighted by atomic mass is 9.69. The molecule has 0 atom stereocenters. The molecule has 0 unspecified atom stereocenters. The van der Waals surface area contributed by atoms with E-state index in [2.05, 4.69) is 22.9 Å². The Labute approximate surface area is 133 Å². The van der Waals surface area contributed by atoms with E-state index in [1.807, 2.05) is 6.07 Å². The highest BCUT2D eigenvalue weighted by Gasteiger charge is 2.33. The van der Waals surface area contributed by atoms with Crippen molar-refractivity contribution in [3.63, 3.8) is 0 Å². The highest BCUT2D eigenvalue weighted by molar-refractivity contribution is 5.51. The van der Waals surface area contributed by atoms with Crippen LogP contribution in [-0.4, -0.2) is 44.7 Å². The molecule has 1 aliphatic heterocycles. The lowest BCUT2D eigenvalue weighted by Crippen LogP contribution is -2.45. The summed E-state index contributed by atoms with van der Waals surface area (Å²) in [7, 11) is 2.12. The fraction of sp³-hybridized carbons (Fsp3) is 0.667. The van der Waals surface area contributed by atoms with Gasteiger partial charge in [-0.25, -0.2) is 4.39 Å². The van der Waals surface area contributed by atoms with E-state index in [9.17, 15) is 4.39 Å². The van der Waals surface area contributed by atoms with Crippen molar-refractivity contribution in [2.75, 3.05) is 44.7 Å². The van der Waals surface area contributed by atoms with Crippen LogP contribution >= 0.6 is 0 Å². The zero-order valence-corrected chi connectivity index (χ0v) is 13.7. The first kappa shape index (κ1) is 15.8. The Kier molecular flexibility index (Phi) is 4.69. The number of benzene rings is 1. The average molecular weight is 305 g/mol. The van der Waals surface area contributed by atoms with E-state index in [-0.39, 0.29) is 11.2 Å². The van der Waals surface area contributed by atoms with Gasteiger partial charge in [0.05, 0.1) is 5.69 Å². The number of nitrogens with zero attached hydrogens (tertiary/aromatic N) is 2. The third kappa shape index (κ3) is 2.99. The molecule has 1 saturated carbocycles. The minimum atomic E-state index is -0.0829. The maximum absolute atomic E-state index is 14.7. The van der Waals surface area contributed by atoms with E-state index >= 15 is 0 Å². The maximum Gasteiger partial charge on any atom is 0.146 e. The standard InChI is InChI=1S/C18H28FN3/c1-21-9-11-22(12-10-21)17-6-5-15(13-16(17)19)18(14-20)7-3-2-4-8-18/h5-6,13H,2-4,7-12,14,20H2,1H3. The summed E-state index contributed by atoms with van der Waals surface area (Å²) < 4.78 is 14.7. The normalized spacial score (nSPS) is 22.8. The molecule has 0 spiro atoms. The van der Waals surface area contributed by atoms with Gasteiger partial charge in [0.15, 0.2) is 0 Å². The SMILES string of the molecule is CN1CCN(c2ccc(C3(CN)CCCCC3)cc2F)CC1. The van der Waals surface area contributed by atoms with E-state index in [0.29, 0.717) is 6.54 Å². The van der Waals surface area contributed by atoms with Crippen LogP contribution in [0.2, 0.25) is 0 Å². The van der Waals surface area contributed by atoms with Crippen LogP contribution in [-0.2, 0) is 5.41 Å². The Balaban J connectivity index is 1.82. The first-order chi connectivity index (χ1) is 10.6. The Bertz CT molecular complexity index is 503. The second kappa shape index (κ2) is 6.55. The van der Waals surface area contributed by atoms with Gasteiger partial charge < -0.3 is 15.5 Å². The van der Waals surface area contributed by atoms with E-state index < -0.39 is 0 Å². The van der Waals surface area contributed by atoms with Crippen LogP contribution in [0.15, 0.2) is 18.2 Å². The lowest BCUT2D eigenvalue weighted by molar-refractivity contribution is 0.299. The topological polar surface area (TPSA) is 32.5 Å². The molecular weight excluding hydrogens is 277 g/mol. The van der Waals surface area contributed by atoms with Crippen LogP contribution in [0.4, 0.5) is 10.1 Å². The Morgan fingerprint density at radius 2 is 1.77 bits per heavy atom. The van der Waals surface area contributed by atoms with Crippen molar-refractivity contribution >= 4 is 5.69 Å². The Hall–Kier alpha value is -1.13. The molecular formula is C18H28FN3. The minimum absolute atomic E-state index is 0.000262. The van der Waals surface area contributed by atoms with Crippen molar-refractivity contribution < 1.29 is 4.39 Å². The fourth-order valence-corrected chi connectivity index (χ4v) is 3.98. The highest BCUT2D eigenvalue weighted by Crippen LogP contribution is 2.39. The van der Waals surface area contributed by atoms with Crippen molar-refractivity contribution in [3.8, 4) is 0 Å². The summed E-state index contributed by atoms with van der Waals surface area (Å²) in [4.78, 5) is 4.45. The predicted octanol–water partition coefficient (Wildman–Crippen LogP) is 2.74. The summed E-state index contributed by atoms with van der Waals surface area (Å²) in [5.74, 6) is -0.0829. The van der Waals surface area contributed by atoms with Gasteiger partial charge in [-0.3, -0.25) is 0 Å². The highest BCUT2D eigenvalue weighted by atomic mass is 19.1. The molecule has 0 radical (unpaired) electrons. The molecule has 2 N–H and O–H groups in total. The van der Waals surface area contributed by atoms with Crippen molar-refractivity contribution in [3.05, 3.63) is 29.6 Å². The zero-order chi connectivity index (χ0) is 15.6. The van der Waals surface area contributed by atoms with Gasteiger partial charge in [-0.1, -0.05) is 25.3 Å². The lowest BCUT2D eigenvalue weighted by Gasteiger charge is -2.38. The van der Waals surface area contributed by atoms with Crippen molar-refractivity contribution in [1.29, 1.82) is 0 Å². The van der Waals surface area contributed by atoms with Crippen LogP contribution in [0.3, 0.4) is 0 Å². The van der Waals surface area contributed by atoms with Crippen molar-refractivity contribution in [2.24, 2.45) is 5.73 Å². The van der Waals surface area contributed by atoms with Crippen molar-refractivity contribution in [1.82, 2.24) is 4.90 Å². The Morgan fingerprint density at radius 1 is 1.09 bits per heavy atom. The maximum atomic E-state index is 14.7. The van der Waals surface area contributed by atoms with Gasteiger partial charge in [0.2, 0.25) is 0 Å². The largest absolute Gasteiger partial charge is 0.367 e. The summed E-state index contributed by atoms with van der Waals surface area (Å²) >= 11 is 0. The number of hydrogen-bond acceptors (Lipinski definition) is 3. The molecule has 3 rings (SSSR count). The summed E-state index contributed by atoms with van der Waals surface area (Å²) in [6.07, 6.45) is 5.88. The molecule has 2 fully saturated rings. The molecule has 1 aromatic rings. The molecule has 1 aromatic carbocycles. The fourth-order valence-electron chi connectivity index (χ4n) is 3.98.